The summed E-state index contributed by atoms with van der Waals surface area (Å²) in [7, 11) is 0. The molecule has 0 atom stereocenters. The Morgan fingerprint density at radius 2 is 2.12 bits per heavy atom. The van der Waals surface area contributed by atoms with E-state index in [4.69, 9.17) is 4.42 Å². The van der Waals surface area contributed by atoms with Gasteiger partial charge in [-0.25, -0.2) is 4.98 Å². The highest BCUT2D eigenvalue weighted by atomic mass is 16.3. The van der Waals surface area contributed by atoms with Crippen LogP contribution in [0.3, 0.4) is 0 Å². The Kier molecular flexibility index (Phi) is 3.78. The van der Waals surface area contributed by atoms with Gasteiger partial charge in [-0.2, -0.15) is 0 Å². The zero-order chi connectivity index (χ0) is 16.5. The van der Waals surface area contributed by atoms with Crippen LogP contribution < -0.4 is 16.2 Å². The van der Waals surface area contributed by atoms with Crippen LogP contribution in [0.4, 0.5) is 0 Å². The van der Waals surface area contributed by atoms with Crippen molar-refractivity contribution in [1.82, 2.24) is 20.2 Å². The molecule has 3 aromatic rings. The van der Waals surface area contributed by atoms with Gasteiger partial charge in [-0.3, -0.25) is 14.2 Å². The van der Waals surface area contributed by atoms with Gasteiger partial charge in [0.1, 0.15) is 17.6 Å². The Morgan fingerprint density at radius 3 is 2.96 bits per heavy atom. The number of hydrogen-bond acceptors (Lipinski definition) is 5. The lowest BCUT2D eigenvalue weighted by molar-refractivity contribution is -0.122. The first-order valence-corrected chi connectivity index (χ1v) is 8.09. The summed E-state index contributed by atoms with van der Waals surface area (Å²) in [5.74, 6) is -0.179. The SMILES string of the molecule is O=C(Cn1cnc2c(oc3ccccc32)c1=O)NC1CCNCC1. The van der Waals surface area contributed by atoms with Crippen LogP contribution >= 0.6 is 0 Å². The van der Waals surface area contributed by atoms with Gasteiger partial charge in [0.2, 0.25) is 11.5 Å². The summed E-state index contributed by atoms with van der Waals surface area (Å²) in [4.78, 5) is 29.1. The van der Waals surface area contributed by atoms with Crippen molar-refractivity contribution in [3.63, 3.8) is 0 Å². The maximum absolute atomic E-state index is 12.6. The molecule has 1 amide bonds. The second-order valence-corrected chi connectivity index (χ2v) is 6.05. The molecule has 0 aliphatic carbocycles. The van der Waals surface area contributed by atoms with E-state index >= 15 is 0 Å². The van der Waals surface area contributed by atoms with Gasteiger partial charge in [-0.15, -0.1) is 0 Å². The van der Waals surface area contributed by atoms with E-state index in [1.54, 1.807) is 6.07 Å². The molecule has 7 nitrogen and oxygen atoms in total. The number of carbonyl (C=O) groups is 1. The molecule has 2 N–H and O–H groups in total. The molecule has 124 valence electrons. The van der Waals surface area contributed by atoms with Crippen LogP contribution in [-0.4, -0.2) is 34.6 Å². The number of rotatable bonds is 3. The third-order valence-electron chi connectivity index (χ3n) is 4.37. The topological polar surface area (TPSA) is 89.2 Å². The second kappa shape index (κ2) is 6.09. The van der Waals surface area contributed by atoms with Crippen LogP contribution in [0.5, 0.6) is 0 Å². The van der Waals surface area contributed by atoms with E-state index in [-0.39, 0.29) is 29.6 Å². The van der Waals surface area contributed by atoms with Crippen molar-refractivity contribution in [2.45, 2.75) is 25.4 Å². The highest BCUT2D eigenvalue weighted by Crippen LogP contribution is 2.23. The maximum Gasteiger partial charge on any atom is 0.297 e. The maximum atomic E-state index is 12.6. The lowest BCUT2D eigenvalue weighted by Crippen LogP contribution is -2.44. The molecule has 1 fully saturated rings. The first-order valence-electron chi connectivity index (χ1n) is 8.09. The van der Waals surface area contributed by atoms with E-state index in [1.165, 1.54) is 10.9 Å². The fourth-order valence-corrected chi connectivity index (χ4v) is 3.12. The van der Waals surface area contributed by atoms with Crippen LogP contribution in [0.2, 0.25) is 0 Å². The fourth-order valence-electron chi connectivity index (χ4n) is 3.12. The smallest absolute Gasteiger partial charge is 0.297 e. The second-order valence-electron chi connectivity index (χ2n) is 6.05. The van der Waals surface area contributed by atoms with Crippen LogP contribution in [0, 0.1) is 0 Å². The van der Waals surface area contributed by atoms with Crippen LogP contribution in [0.25, 0.3) is 22.1 Å². The van der Waals surface area contributed by atoms with Crippen molar-refractivity contribution in [3.8, 4) is 0 Å². The van der Waals surface area contributed by atoms with E-state index < -0.39 is 0 Å². The quantitative estimate of drug-likeness (QED) is 0.750. The van der Waals surface area contributed by atoms with E-state index in [0.717, 1.165) is 31.3 Å². The number of para-hydroxylation sites is 1. The summed E-state index contributed by atoms with van der Waals surface area (Å²) in [6.45, 7) is 1.75. The standard InChI is InChI=1S/C17H18N4O3/c22-14(20-11-5-7-18-8-6-11)9-21-10-19-15-12-3-1-2-4-13(12)24-16(15)17(21)23/h1-4,10-11,18H,5-9H2,(H,20,22). The Bertz CT molecular complexity index is 953. The number of nitrogens with zero attached hydrogens (tertiary/aromatic N) is 2. The number of nitrogens with one attached hydrogen (secondary N) is 2. The van der Waals surface area contributed by atoms with Gasteiger partial charge < -0.3 is 15.1 Å². The van der Waals surface area contributed by atoms with Gasteiger partial charge in [-0.1, -0.05) is 12.1 Å². The molecule has 1 aromatic carbocycles. The van der Waals surface area contributed by atoms with Gasteiger partial charge in [0.05, 0.1) is 6.33 Å². The minimum atomic E-state index is -0.336. The van der Waals surface area contributed by atoms with Crippen molar-refractivity contribution < 1.29 is 9.21 Å². The molecule has 1 aliphatic rings. The number of piperidine rings is 1. The Hall–Kier alpha value is -2.67. The number of aromatic nitrogens is 2. The molecule has 4 rings (SSSR count). The number of benzene rings is 1. The predicted octanol–water partition coefficient (Wildman–Crippen LogP) is 1.01. The highest BCUT2D eigenvalue weighted by molar-refractivity contribution is 6.01. The first kappa shape index (κ1) is 14.9. The van der Waals surface area contributed by atoms with Gasteiger partial charge >= 0.3 is 0 Å². The minimum absolute atomic E-state index is 0.0528. The molecule has 0 bridgehead atoms. The van der Waals surface area contributed by atoms with Crippen molar-refractivity contribution in [1.29, 1.82) is 0 Å². The van der Waals surface area contributed by atoms with Crippen molar-refractivity contribution in [3.05, 3.63) is 40.9 Å². The molecule has 1 saturated heterocycles. The van der Waals surface area contributed by atoms with Crippen molar-refractivity contribution in [2.75, 3.05) is 13.1 Å². The van der Waals surface area contributed by atoms with E-state index in [2.05, 4.69) is 15.6 Å². The Labute approximate surface area is 137 Å². The van der Waals surface area contributed by atoms with Gasteiger partial charge in [0, 0.05) is 11.4 Å². The normalized spacial score (nSPS) is 15.8. The lowest BCUT2D eigenvalue weighted by atomic mass is 10.1. The van der Waals surface area contributed by atoms with Gasteiger partial charge in [0.25, 0.3) is 5.56 Å². The third-order valence-corrected chi connectivity index (χ3v) is 4.37. The molecular weight excluding hydrogens is 308 g/mol. The largest absolute Gasteiger partial charge is 0.448 e. The highest BCUT2D eigenvalue weighted by Gasteiger charge is 2.17. The van der Waals surface area contributed by atoms with Crippen molar-refractivity contribution in [2.24, 2.45) is 0 Å². The molecule has 2 aromatic heterocycles. The van der Waals surface area contributed by atoms with E-state index in [1.807, 2.05) is 18.2 Å². The summed E-state index contributed by atoms with van der Waals surface area (Å²) in [5.41, 5.74) is 1.00. The zero-order valence-electron chi connectivity index (χ0n) is 13.1. The average Bonchev–Trinajstić information content (AvgIpc) is 2.98. The molecule has 7 heteroatoms. The zero-order valence-corrected chi connectivity index (χ0v) is 13.1. The monoisotopic (exact) mass is 326 g/mol. The first-order chi connectivity index (χ1) is 11.7. The van der Waals surface area contributed by atoms with E-state index in [9.17, 15) is 9.59 Å². The predicted molar refractivity (Wildman–Crippen MR) is 89.8 cm³/mol. The summed E-state index contributed by atoms with van der Waals surface area (Å²) in [6, 6.07) is 7.54. The summed E-state index contributed by atoms with van der Waals surface area (Å²) in [5, 5.41) is 7.02. The van der Waals surface area contributed by atoms with Crippen LogP contribution in [0.15, 0.2) is 39.8 Å². The lowest BCUT2D eigenvalue weighted by Gasteiger charge is -2.23. The molecule has 0 saturated carbocycles. The Morgan fingerprint density at radius 1 is 1.33 bits per heavy atom. The average molecular weight is 326 g/mol. The Balaban J connectivity index is 1.60. The van der Waals surface area contributed by atoms with Crippen LogP contribution in [-0.2, 0) is 11.3 Å². The minimum Gasteiger partial charge on any atom is -0.448 e. The fraction of sp³-hybridized carbons (Fsp3) is 0.353. The van der Waals surface area contributed by atoms with E-state index in [0.29, 0.717) is 11.1 Å². The molecule has 1 aliphatic heterocycles. The number of carbonyl (C=O) groups excluding carboxylic acids is 1. The summed E-state index contributed by atoms with van der Waals surface area (Å²) in [6.07, 6.45) is 3.22. The van der Waals surface area contributed by atoms with Gasteiger partial charge in [0.15, 0.2) is 0 Å². The molecule has 0 unspecified atom stereocenters. The number of amides is 1. The third kappa shape index (κ3) is 2.67. The number of hydrogen-bond donors (Lipinski definition) is 2. The van der Waals surface area contributed by atoms with Gasteiger partial charge in [-0.05, 0) is 38.1 Å². The molecule has 3 heterocycles. The molecule has 0 radical (unpaired) electrons. The number of fused-ring (bicyclic) bond motifs is 3. The summed E-state index contributed by atoms with van der Waals surface area (Å²) >= 11 is 0. The molecule has 0 spiro atoms. The van der Waals surface area contributed by atoms with Crippen LogP contribution in [0.1, 0.15) is 12.8 Å². The molecule has 24 heavy (non-hydrogen) atoms. The molecular formula is C17H18N4O3. The van der Waals surface area contributed by atoms with Crippen molar-refractivity contribution >= 4 is 28.0 Å². The number of furan rings is 1. The summed E-state index contributed by atoms with van der Waals surface area (Å²) < 4.78 is 6.91.